The molecule has 2 heterocycles. The number of aromatic nitrogens is 2. The van der Waals surface area contributed by atoms with E-state index in [4.69, 9.17) is 4.98 Å². The molecular formula is C39H23BrN2S. The van der Waals surface area contributed by atoms with Crippen LogP contribution in [0.25, 0.3) is 81.0 Å². The summed E-state index contributed by atoms with van der Waals surface area (Å²) < 4.78 is 6.06. The first kappa shape index (κ1) is 24.8. The SMILES string of the molecule is Brc1ccc2sc3ccc(-c4ccc(-c5nc6c7ccccc7c7ccccc7c6n5-c5ccccc5)cc4)cc3c2c1. The Morgan fingerprint density at radius 3 is 1.84 bits per heavy atom. The highest BCUT2D eigenvalue weighted by molar-refractivity contribution is 9.10. The van der Waals surface area contributed by atoms with E-state index in [9.17, 15) is 0 Å². The van der Waals surface area contributed by atoms with Crippen molar-refractivity contribution in [1.29, 1.82) is 0 Å². The molecule has 4 heteroatoms. The number of hydrogen-bond acceptors (Lipinski definition) is 2. The van der Waals surface area contributed by atoms with Crippen LogP contribution in [0.2, 0.25) is 0 Å². The van der Waals surface area contributed by atoms with E-state index in [-0.39, 0.29) is 0 Å². The predicted octanol–water partition coefficient (Wildman–Crippen LogP) is 11.8. The zero-order valence-electron chi connectivity index (χ0n) is 23.0. The van der Waals surface area contributed by atoms with Crippen LogP contribution in [0.4, 0.5) is 0 Å². The summed E-state index contributed by atoms with van der Waals surface area (Å²) in [6.07, 6.45) is 0. The molecule has 9 rings (SSSR count). The highest BCUT2D eigenvalue weighted by Crippen LogP contribution is 2.40. The van der Waals surface area contributed by atoms with Gasteiger partial charge >= 0.3 is 0 Å². The van der Waals surface area contributed by atoms with E-state index in [1.54, 1.807) is 0 Å². The van der Waals surface area contributed by atoms with Crippen molar-refractivity contribution in [3.63, 3.8) is 0 Å². The maximum Gasteiger partial charge on any atom is 0.145 e. The lowest BCUT2D eigenvalue weighted by molar-refractivity contribution is 1.11. The van der Waals surface area contributed by atoms with Crippen LogP contribution in [0.5, 0.6) is 0 Å². The van der Waals surface area contributed by atoms with Gasteiger partial charge in [-0.2, -0.15) is 0 Å². The van der Waals surface area contributed by atoms with Gasteiger partial charge in [-0.15, -0.1) is 11.3 Å². The Kier molecular flexibility index (Phi) is 5.55. The fourth-order valence-corrected chi connectivity index (χ4v) is 7.90. The summed E-state index contributed by atoms with van der Waals surface area (Å²) in [5, 5.41) is 7.45. The minimum absolute atomic E-state index is 0.943. The highest BCUT2D eigenvalue weighted by atomic mass is 79.9. The van der Waals surface area contributed by atoms with Gasteiger partial charge in [0.2, 0.25) is 0 Å². The van der Waals surface area contributed by atoms with Crippen LogP contribution in [0.15, 0.2) is 144 Å². The first-order valence-corrected chi connectivity index (χ1v) is 15.9. The second kappa shape index (κ2) is 9.63. The Morgan fingerprint density at radius 1 is 0.488 bits per heavy atom. The van der Waals surface area contributed by atoms with Crippen LogP contribution in [-0.4, -0.2) is 9.55 Å². The van der Waals surface area contributed by atoms with E-state index in [0.717, 1.165) is 32.6 Å². The molecule has 0 aliphatic heterocycles. The van der Waals surface area contributed by atoms with Gasteiger partial charge in [0.1, 0.15) is 5.82 Å². The minimum atomic E-state index is 0.943. The molecule has 0 spiro atoms. The van der Waals surface area contributed by atoms with Crippen molar-refractivity contribution in [2.45, 2.75) is 0 Å². The monoisotopic (exact) mass is 630 g/mol. The van der Waals surface area contributed by atoms with Gasteiger partial charge < -0.3 is 0 Å². The molecule has 0 atom stereocenters. The fraction of sp³-hybridized carbons (Fsp3) is 0. The molecule has 7 aromatic carbocycles. The Labute approximate surface area is 260 Å². The Morgan fingerprint density at radius 2 is 1.07 bits per heavy atom. The van der Waals surface area contributed by atoms with Gasteiger partial charge in [-0.1, -0.05) is 113 Å². The second-order valence-corrected chi connectivity index (χ2v) is 12.9. The smallest absolute Gasteiger partial charge is 0.145 e. The first-order valence-electron chi connectivity index (χ1n) is 14.3. The molecule has 0 radical (unpaired) electrons. The van der Waals surface area contributed by atoms with Crippen molar-refractivity contribution >= 4 is 80.0 Å². The van der Waals surface area contributed by atoms with E-state index in [1.165, 1.54) is 52.8 Å². The standard InChI is InChI=1S/C39H23BrN2S/c40-27-19-21-36-34(23-27)33-22-26(18-20-35(33)43-36)24-14-16-25(17-15-24)39-41-37-31-12-6-4-10-29(31)30-11-5-7-13-32(30)38(37)42(39)28-8-2-1-3-9-28/h1-23H. The van der Waals surface area contributed by atoms with Crippen LogP contribution >= 0.6 is 27.3 Å². The van der Waals surface area contributed by atoms with E-state index in [0.29, 0.717) is 0 Å². The van der Waals surface area contributed by atoms with Crippen molar-refractivity contribution in [2.75, 3.05) is 0 Å². The van der Waals surface area contributed by atoms with Gasteiger partial charge in [0.15, 0.2) is 0 Å². The number of thiophene rings is 1. The van der Waals surface area contributed by atoms with E-state index in [2.05, 4.69) is 160 Å². The van der Waals surface area contributed by atoms with Crippen LogP contribution in [-0.2, 0) is 0 Å². The summed E-state index contributed by atoms with van der Waals surface area (Å²) in [5.41, 5.74) is 6.76. The number of imidazole rings is 1. The van der Waals surface area contributed by atoms with Gasteiger partial charge in [-0.05, 0) is 64.4 Å². The maximum atomic E-state index is 5.38. The minimum Gasteiger partial charge on any atom is -0.292 e. The summed E-state index contributed by atoms with van der Waals surface area (Å²) in [7, 11) is 0. The molecular weight excluding hydrogens is 608 g/mol. The average Bonchev–Trinajstić information content (AvgIpc) is 3.64. The number of rotatable bonds is 3. The van der Waals surface area contributed by atoms with E-state index < -0.39 is 0 Å². The third kappa shape index (κ3) is 3.87. The van der Waals surface area contributed by atoms with Crippen molar-refractivity contribution in [1.82, 2.24) is 9.55 Å². The number of benzene rings is 7. The molecule has 0 N–H and O–H groups in total. The quantitative estimate of drug-likeness (QED) is 0.177. The maximum absolute atomic E-state index is 5.38. The number of para-hydroxylation sites is 1. The molecule has 43 heavy (non-hydrogen) atoms. The van der Waals surface area contributed by atoms with Gasteiger partial charge in [0, 0.05) is 46.7 Å². The molecule has 2 nitrogen and oxygen atoms in total. The van der Waals surface area contributed by atoms with E-state index >= 15 is 0 Å². The lowest BCUT2D eigenvalue weighted by Gasteiger charge is -2.12. The molecule has 0 unspecified atom stereocenters. The Hall–Kier alpha value is -4.77. The van der Waals surface area contributed by atoms with Crippen LogP contribution in [0.1, 0.15) is 0 Å². The van der Waals surface area contributed by atoms with Crippen molar-refractivity contribution < 1.29 is 0 Å². The summed E-state index contributed by atoms with van der Waals surface area (Å²) in [6, 6.07) is 50.2. The average molecular weight is 632 g/mol. The molecule has 0 aliphatic carbocycles. The third-order valence-electron chi connectivity index (χ3n) is 8.45. The molecule has 0 saturated carbocycles. The molecule has 0 bridgehead atoms. The largest absolute Gasteiger partial charge is 0.292 e. The van der Waals surface area contributed by atoms with Gasteiger partial charge in [-0.25, -0.2) is 4.98 Å². The zero-order valence-corrected chi connectivity index (χ0v) is 25.4. The summed E-state index contributed by atoms with van der Waals surface area (Å²) >= 11 is 5.50. The molecule has 2 aromatic heterocycles. The van der Waals surface area contributed by atoms with Gasteiger partial charge in [0.25, 0.3) is 0 Å². The molecule has 202 valence electrons. The second-order valence-electron chi connectivity index (χ2n) is 10.9. The van der Waals surface area contributed by atoms with Crippen molar-refractivity contribution in [3.05, 3.63) is 144 Å². The lowest BCUT2D eigenvalue weighted by atomic mass is 10.00. The van der Waals surface area contributed by atoms with Gasteiger partial charge in [-0.3, -0.25) is 4.57 Å². The predicted molar refractivity (Wildman–Crippen MR) is 188 cm³/mol. The van der Waals surface area contributed by atoms with Crippen molar-refractivity contribution in [2.24, 2.45) is 0 Å². The van der Waals surface area contributed by atoms with Crippen LogP contribution in [0.3, 0.4) is 0 Å². The van der Waals surface area contributed by atoms with Crippen LogP contribution in [0, 0.1) is 0 Å². The number of hydrogen-bond donors (Lipinski definition) is 0. The highest BCUT2D eigenvalue weighted by Gasteiger charge is 2.20. The molecule has 0 amide bonds. The van der Waals surface area contributed by atoms with Crippen LogP contribution < -0.4 is 0 Å². The Balaban J connectivity index is 1.26. The topological polar surface area (TPSA) is 17.8 Å². The van der Waals surface area contributed by atoms with Gasteiger partial charge in [0.05, 0.1) is 11.0 Å². The lowest BCUT2D eigenvalue weighted by Crippen LogP contribution is -1.98. The summed E-state index contributed by atoms with van der Waals surface area (Å²) in [4.78, 5) is 5.38. The Bertz CT molecular complexity index is 2510. The molecule has 0 aliphatic rings. The molecule has 9 aromatic rings. The third-order valence-corrected chi connectivity index (χ3v) is 10.1. The summed E-state index contributed by atoms with van der Waals surface area (Å²) in [6.45, 7) is 0. The number of fused-ring (bicyclic) bond motifs is 9. The normalized spacial score (nSPS) is 11.8. The number of nitrogens with zero attached hydrogens (tertiary/aromatic N) is 2. The van der Waals surface area contributed by atoms with Crippen molar-refractivity contribution in [3.8, 4) is 28.2 Å². The molecule has 0 fully saturated rings. The van der Waals surface area contributed by atoms with E-state index in [1.807, 2.05) is 11.3 Å². The zero-order chi connectivity index (χ0) is 28.5. The molecule has 0 saturated heterocycles. The summed E-state index contributed by atoms with van der Waals surface area (Å²) in [5.74, 6) is 0.943. The fourth-order valence-electron chi connectivity index (χ4n) is 6.47. The number of halogens is 1. The first-order chi connectivity index (χ1) is 21.2.